The van der Waals surface area contributed by atoms with Gasteiger partial charge in [-0.15, -0.1) is 0 Å². The number of nitrogens with one attached hydrogen (secondary N) is 1. The van der Waals surface area contributed by atoms with Crippen LogP contribution >= 0.6 is 23.2 Å². The Balaban J connectivity index is 1.36. The maximum Gasteiger partial charge on any atom is 0.207 e. The van der Waals surface area contributed by atoms with E-state index in [9.17, 15) is 9.18 Å². The first-order valence-corrected chi connectivity index (χ1v) is 15.3. The summed E-state index contributed by atoms with van der Waals surface area (Å²) >= 11 is 13.1. The van der Waals surface area contributed by atoms with Crippen LogP contribution in [0.2, 0.25) is 10.0 Å². The number of halogens is 3. The fraction of sp³-hybridized carbons (Fsp3) is 0.382. The molecule has 2 aliphatic carbocycles. The van der Waals surface area contributed by atoms with Crippen molar-refractivity contribution in [1.29, 1.82) is 0 Å². The summed E-state index contributed by atoms with van der Waals surface area (Å²) in [5.74, 6) is 0.845. The molecule has 4 nitrogen and oxygen atoms in total. The zero-order valence-electron chi connectivity index (χ0n) is 23.1. The number of amides is 1. The SMILES string of the molecule is O=CNC1(c2ccc3c(c2)CCCC(c2ccc(Cl)cc2Cl)=C3c2ccc(O[C@H]3CCN(CCCF)C3)cc2)CC1. The normalized spacial score (nSPS) is 19.9. The highest BCUT2D eigenvalue weighted by Gasteiger charge is 2.44. The second-order valence-electron chi connectivity index (χ2n) is 11.4. The molecule has 1 saturated heterocycles. The van der Waals surface area contributed by atoms with Crippen molar-refractivity contribution in [2.24, 2.45) is 0 Å². The van der Waals surface area contributed by atoms with Crippen LogP contribution in [0.25, 0.3) is 11.1 Å². The van der Waals surface area contributed by atoms with Crippen LogP contribution < -0.4 is 10.1 Å². The molecule has 0 aromatic heterocycles. The summed E-state index contributed by atoms with van der Waals surface area (Å²) in [7, 11) is 0. The minimum Gasteiger partial charge on any atom is -0.489 e. The Morgan fingerprint density at radius 3 is 2.56 bits per heavy atom. The summed E-state index contributed by atoms with van der Waals surface area (Å²) in [5.41, 5.74) is 7.93. The van der Waals surface area contributed by atoms with Crippen LogP contribution in [0.1, 0.15) is 66.3 Å². The van der Waals surface area contributed by atoms with E-state index in [1.165, 1.54) is 27.8 Å². The lowest BCUT2D eigenvalue weighted by atomic mass is 9.86. The lowest BCUT2D eigenvalue weighted by molar-refractivity contribution is -0.110. The number of fused-ring (bicyclic) bond motifs is 1. The number of nitrogens with zero attached hydrogens (tertiary/aromatic N) is 1. The van der Waals surface area contributed by atoms with E-state index in [-0.39, 0.29) is 18.3 Å². The summed E-state index contributed by atoms with van der Waals surface area (Å²) in [5, 5.41) is 4.32. The van der Waals surface area contributed by atoms with Gasteiger partial charge in [0.2, 0.25) is 6.41 Å². The molecule has 214 valence electrons. The van der Waals surface area contributed by atoms with Crippen LogP contribution in [0, 0.1) is 0 Å². The highest BCUT2D eigenvalue weighted by Crippen LogP contribution is 2.48. The number of ether oxygens (including phenoxy) is 1. The van der Waals surface area contributed by atoms with E-state index in [2.05, 4.69) is 52.7 Å². The molecule has 41 heavy (non-hydrogen) atoms. The van der Waals surface area contributed by atoms with Crippen LogP contribution in [0.15, 0.2) is 60.7 Å². The van der Waals surface area contributed by atoms with Crippen molar-refractivity contribution < 1.29 is 13.9 Å². The summed E-state index contributed by atoms with van der Waals surface area (Å²) in [6, 6.07) is 20.8. The summed E-state index contributed by atoms with van der Waals surface area (Å²) in [6.45, 7) is 2.29. The Hall–Kier alpha value is -2.86. The minimum atomic E-state index is -0.274. The molecular weight excluding hydrogens is 558 g/mol. The molecule has 3 aromatic rings. The first-order chi connectivity index (χ1) is 20.0. The van der Waals surface area contributed by atoms with E-state index < -0.39 is 0 Å². The smallest absolute Gasteiger partial charge is 0.207 e. The number of carbonyl (C=O) groups is 1. The Labute approximate surface area is 251 Å². The Morgan fingerprint density at radius 2 is 1.83 bits per heavy atom. The van der Waals surface area contributed by atoms with Crippen LogP contribution in [0.3, 0.4) is 0 Å². The highest BCUT2D eigenvalue weighted by atomic mass is 35.5. The molecule has 3 aromatic carbocycles. The molecule has 0 bridgehead atoms. The van der Waals surface area contributed by atoms with E-state index in [1.54, 1.807) is 0 Å². The van der Waals surface area contributed by atoms with E-state index >= 15 is 0 Å². The average molecular weight is 594 g/mol. The molecule has 1 saturated carbocycles. The third-order valence-corrected chi connectivity index (χ3v) is 9.27. The van der Waals surface area contributed by atoms with Gasteiger partial charge in [-0.1, -0.05) is 59.6 Å². The summed E-state index contributed by atoms with van der Waals surface area (Å²) in [4.78, 5) is 13.6. The van der Waals surface area contributed by atoms with Crippen molar-refractivity contribution in [3.05, 3.63) is 98.5 Å². The largest absolute Gasteiger partial charge is 0.489 e. The van der Waals surface area contributed by atoms with E-state index in [0.717, 1.165) is 81.4 Å². The van der Waals surface area contributed by atoms with Crippen molar-refractivity contribution in [1.82, 2.24) is 10.2 Å². The molecule has 0 unspecified atom stereocenters. The van der Waals surface area contributed by atoms with Gasteiger partial charge in [0.15, 0.2) is 0 Å². The molecule has 1 amide bonds. The van der Waals surface area contributed by atoms with Gasteiger partial charge < -0.3 is 10.1 Å². The maximum absolute atomic E-state index is 12.6. The molecule has 1 atom stereocenters. The topological polar surface area (TPSA) is 41.6 Å². The quantitative estimate of drug-likeness (QED) is 0.244. The number of hydrogen-bond donors (Lipinski definition) is 1. The summed E-state index contributed by atoms with van der Waals surface area (Å²) < 4.78 is 18.9. The zero-order valence-corrected chi connectivity index (χ0v) is 24.6. The molecule has 2 fully saturated rings. The lowest BCUT2D eigenvalue weighted by Gasteiger charge is -2.21. The Kier molecular flexibility index (Phi) is 8.39. The fourth-order valence-corrected chi connectivity index (χ4v) is 6.97. The molecule has 0 spiro atoms. The predicted molar refractivity (Wildman–Crippen MR) is 164 cm³/mol. The molecule has 7 heteroatoms. The third-order valence-electron chi connectivity index (χ3n) is 8.73. The maximum atomic E-state index is 12.6. The van der Waals surface area contributed by atoms with Gasteiger partial charge in [-0.25, -0.2) is 0 Å². The molecule has 1 N–H and O–H groups in total. The molecule has 3 aliphatic rings. The number of hydrogen-bond acceptors (Lipinski definition) is 3. The standard InChI is InChI=1S/C34H35Cl2FN2O2/c35-26-8-12-30(32(36)20-26)31-4-1-3-24-19-25(34(14-15-34)38-22-40)7-11-29(24)33(31)23-5-9-27(10-6-23)41-28-13-18-39(21-28)17-2-16-37/h5-12,19-20,22,28H,1-4,13-18,21H2,(H,38,40)/t28-/m0/s1. The first kappa shape index (κ1) is 28.3. The fourth-order valence-electron chi connectivity index (χ4n) is 6.45. The number of likely N-dealkylation sites (tertiary alicyclic amines) is 1. The van der Waals surface area contributed by atoms with Crippen molar-refractivity contribution in [3.63, 3.8) is 0 Å². The molecule has 1 heterocycles. The van der Waals surface area contributed by atoms with Gasteiger partial charge in [0.1, 0.15) is 11.9 Å². The Bertz CT molecular complexity index is 1450. The summed E-state index contributed by atoms with van der Waals surface area (Å²) in [6.07, 6.45) is 7.22. The van der Waals surface area contributed by atoms with Crippen molar-refractivity contribution in [2.75, 3.05) is 26.3 Å². The molecule has 1 aliphatic heterocycles. The van der Waals surface area contributed by atoms with Crippen molar-refractivity contribution >= 4 is 40.8 Å². The Morgan fingerprint density at radius 1 is 1.02 bits per heavy atom. The molecular formula is C34H35Cl2FN2O2. The van der Waals surface area contributed by atoms with Crippen molar-refractivity contribution in [2.45, 2.75) is 56.6 Å². The zero-order chi connectivity index (χ0) is 28.4. The number of alkyl halides is 1. The minimum absolute atomic E-state index is 0.120. The number of rotatable bonds is 10. The van der Waals surface area contributed by atoms with Gasteiger partial charge in [0.25, 0.3) is 0 Å². The number of benzene rings is 3. The monoisotopic (exact) mass is 592 g/mol. The number of carbonyl (C=O) groups excluding carboxylic acids is 1. The van der Waals surface area contributed by atoms with Crippen LogP contribution in [0.4, 0.5) is 4.39 Å². The second kappa shape index (κ2) is 12.2. The third kappa shape index (κ3) is 6.04. The van der Waals surface area contributed by atoms with Gasteiger partial charge in [-0.3, -0.25) is 14.1 Å². The van der Waals surface area contributed by atoms with Crippen molar-refractivity contribution in [3.8, 4) is 5.75 Å². The van der Waals surface area contributed by atoms with E-state index in [0.29, 0.717) is 16.5 Å². The average Bonchev–Trinajstić information content (AvgIpc) is 3.67. The first-order valence-electron chi connectivity index (χ1n) is 14.6. The van der Waals surface area contributed by atoms with Gasteiger partial charge in [0, 0.05) is 29.7 Å². The number of allylic oxidation sites excluding steroid dienone is 1. The van der Waals surface area contributed by atoms with E-state index in [4.69, 9.17) is 27.9 Å². The highest BCUT2D eigenvalue weighted by molar-refractivity contribution is 6.36. The van der Waals surface area contributed by atoms with Gasteiger partial charge in [0.05, 0.1) is 12.2 Å². The molecule has 0 radical (unpaired) electrons. The van der Waals surface area contributed by atoms with Gasteiger partial charge in [-0.2, -0.15) is 0 Å². The lowest BCUT2D eigenvalue weighted by Crippen LogP contribution is -2.27. The number of aryl methyl sites for hydroxylation is 1. The van der Waals surface area contributed by atoms with E-state index in [1.807, 2.05) is 18.2 Å². The molecule has 6 rings (SSSR count). The predicted octanol–water partition coefficient (Wildman–Crippen LogP) is 7.84. The van der Waals surface area contributed by atoms with Gasteiger partial charge >= 0.3 is 0 Å². The van der Waals surface area contributed by atoms with Gasteiger partial charge in [-0.05, 0) is 108 Å². The van der Waals surface area contributed by atoms with Crippen LogP contribution in [-0.2, 0) is 16.8 Å². The van der Waals surface area contributed by atoms with Crippen LogP contribution in [0.5, 0.6) is 5.75 Å². The second-order valence-corrected chi connectivity index (χ2v) is 12.3. The van der Waals surface area contributed by atoms with Crippen LogP contribution in [-0.4, -0.2) is 43.7 Å².